The quantitative estimate of drug-likeness (QED) is 0.254. The standard InChI is InChI=1S/C10H18N2O4/c1-5-6-15-8(13)7(11)12-16-9(14)10(2,3)4/h5-6H2,1-4H3,(H2,11,12). The van der Waals surface area contributed by atoms with Crippen LogP contribution in [-0.2, 0) is 19.2 Å². The predicted molar refractivity (Wildman–Crippen MR) is 58.4 cm³/mol. The largest absolute Gasteiger partial charge is 0.460 e. The summed E-state index contributed by atoms with van der Waals surface area (Å²) in [7, 11) is 0. The molecule has 0 amide bonds. The molecule has 0 aliphatic carbocycles. The molecule has 0 saturated heterocycles. The number of nitrogens with two attached hydrogens (primary N) is 1. The zero-order valence-electron chi connectivity index (χ0n) is 10.1. The average Bonchev–Trinajstić information content (AvgIpc) is 2.20. The first-order chi connectivity index (χ1) is 7.29. The van der Waals surface area contributed by atoms with E-state index in [9.17, 15) is 9.59 Å². The van der Waals surface area contributed by atoms with Crippen molar-refractivity contribution in [1.29, 1.82) is 0 Å². The van der Waals surface area contributed by atoms with E-state index in [2.05, 4.69) is 14.7 Å². The third kappa shape index (κ3) is 5.33. The first-order valence-corrected chi connectivity index (χ1v) is 5.01. The number of amidine groups is 1. The summed E-state index contributed by atoms with van der Waals surface area (Å²) in [5.41, 5.74) is 4.55. The summed E-state index contributed by atoms with van der Waals surface area (Å²) in [4.78, 5) is 26.9. The molecular formula is C10H18N2O4. The molecule has 6 nitrogen and oxygen atoms in total. The fourth-order valence-electron chi connectivity index (χ4n) is 0.534. The summed E-state index contributed by atoms with van der Waals surface area (Å²) in [6, 6.07) is 0. The van der Waals surface area contributed by atoms with Crippen molar-refractivity contribution in [2.24, 2.45) is 16.3 Å². The van der Waals surface area contributed by atoms with Gasteiger partial charge in [-0.1, -0.05) is 12.1 Å². The van der Waals surface area contributed by atoms with Crippen molar-refractivity contribution in [3.05, 3.63) is 0 Å². The van der Waals surface area contributed by atoms with Gasteiger partial charge in [0.05, 0.1) is 12.0 Å². The van der Waals surface area contributed by atoms with Crippen molar-refractivity contribution in [1.82, 2.24) is 0 Å². The lowest BCUT2D eigenvalue weighted by atomic mass is 9.98. The van der Waals surface area contributed by atoms with Crippen molar-refractivity contribution in [2.75, 3.05) is 6.61 Å². The first kappa shape index (κ1) is 14.4. The van der Waals surface area contributed by atoms with Crippen LogP contribution in [0.4, 0.5) is 0 Å². The maximum Gasteiger partial charge on any atom is 0.377 e. The zero-order chi connectivity index (χ0) is 12.8. The van der Waals surface area contributed by atoms with Crippen LogP contribution in [0.5, 0.6) is 0 Å². The van der Waals surface area contributed by atoms with Crippen LogP contribution < -0.4 is 5.73 Å². The van der Waals surface area contributed by atoms with Crippen LogP contribution in [-0.4, -0.2) is 24.4 Å². The highest BCUT2D eigenvalue weighted by atomic mass is 16.7. The Bertz CT molecular complexity index is 292. The van der Waals surface area contributed by atoms with Gasteiger partial charge in [0.1, 0.15) is 0 Å². The minimum absolute atomic E-state index is 0.252. The Morgan fingerprint density at radius 2 is 1.88 bits per heavy atom. The van der Waals surface area contributed by atoms with E-state index in [1.165, 1.54) is 0 Å². The molecule has 0 aromatic heterocycles. The average molecular weight is 230 g/mol. The summed E-state index contributed by atoms with van der Waals surface area (Å²) >= 11 is 0. The van der Waals surface area contributed by atoms with Crippen LogP contribution in [0.2, 0.25) is 0 Å². The van der Waals surface area contributed by atoms with Gasteiger partial charge >= 0.3 is 11.9 Å². The molecule has 0 unspecified atom stereocenters. The molecule has 2 N–H and O–H groups in total. The van der Waals surface area contributed by atoms with Crippen LogP contribution in [0.15, 0.2) is 5.16 Å². The molecule has 0 aromatic rings. The molecule has 0 spiro atoms. The molecule has 0 saturated carbocycles. The molecule has 0 aromatic carbocycles. The van der Waals surface area contributed by atoms with Crippen LogP contribution >= 0.6 is 0 Å². The van der Waals surface area contributed by atoms with Crippen molar-refractivity contribution >= 4 is 17.8 Å². The van der Waals surface area contributed by atoms with E-state index >= 15 is 0 Å². The van der Waals surface area contributed by atoms with E-state index in [0.717, 1.165) is 0 Å². The monoisotopic (exact) mass is 230 g/mol. The van der Waals surface area contributed by atoms with Gasteiger partial charge in [0.25, 0.3) is 0 Å². The summed E-state index contributed by atoms with van der Waals surface area (Å²) in [5.74, 6) is -1.83. The summed E-state index contributed by atoms with van der Waals surface area (Å²) in [6.45, 7) is 7.09. The van der Waals surface area contributed by atoms with E-state index in [1.807, 2.05) is 6.92 Å². The van der Waals surface area contributed by atoms with Crippen molar-refractivity contribution in [2.45, 2.75) is 34.1 Å². The van der Waals surface area contributed by atoms with Crippen LogP contribution in [0, 0.1) is 5.41 Å². The fraction of sp³-hybridized carbons (Fsp3) is 0.700. The third-order valence-electron chi connectivity index (χ3n) is 1.49. The lowest BCUT2D eigenvalue weighted by Gasteiger charge is -2.12. The van der Waals surface area contributed by atoms with Gasteiger partial charge in [0.15, 0.2) is 0 Å². The van der Waals surface area contributed by atoms with Crippen LogP contribution in [0.25, 0.3) is 0 Å². The lowest BCUT2D eigenvalue weighted by Crippen LogP contribution is -2.28. The van der Waals surface area contributed by atoms with E-state index in [4.69, 9.17) is 5.73 Å². The number of carbonyl (C=O) groups is 2. The zero-order valence-corrected chi connectivity index (χ0v) is 10.1. The molecule has 0 rings (SSSR count). The molecular weight excluding hydrogens is 212 g/mol. The fourth-order valence-corrected chi connectivity index (χ4v) is 0.534. The maximum absolute atomic E-state index is 11.3. The summed E-state index contributed by atoms with van der Waals surface area (Å²) in [5, 5.41) is 3.21. The van der Waals surface area contributed by atoms with Crippen molar-refractivity contribution in [3.63, 3.8) is 0 Å². The first-order valence-electron chi connectivity index (χ1n) is 5.01. The molecule has 0 atom stereocenters. The van der Waals surface area contributed by atoms with Gasteiger partial charge in [0.2, 0.25) is 5.84 Å². The Kier molecular flexibility index (Phi) is 5.49. The van der Waals surface area contributed by atoms with E-state index in [-0.39, 0.29) is 6.61 Å². The topological polar surface area (TPSA) is 91.0 Å². The molecule has 0 radical (unpaired) electrons. The SMILES string of the molecule is CCCOC(=O)C(N)=NOC(=O)C(C)(C)C. The molecule has 16 heavy (non-hydrogen) atoms. The molecule has 0 fully saturated rings. The Morgan fingerprint density at radius 3 is 2.31 bits per heavy atom. The Morgan fingerprint density at radius 1 is 1.31 bits per heavy atom. The smallest absolute Gasteiger partial charge is 0.377 e. The Labute approximate surface area is 94.8 Å². The number of ether oxygens (including phenoxy) is 1. The van der Waals surface area contributed by atoms with E-state index < -0.39 is 23.2 Å². The normalized spacial score (nSPS) is 12.1. The second kappa shape index (κ2) is 6.09. The van der Waals surface area contributed by atoms with Gasteiger partial charge in [-0.15, -0.1) is 0 Å². The summed E-state index contributed by atoms with van der Waals surface area (Å²) < 4.78 is 4.68. The second-order valence-electron chi connectivity index (χ2n) is 4.24. The highest BCUT2D eigenvalue weighted by Crippen LogP contribution is 2.14. The highest BCUT2D eigenvalue weighted by molar-refractivity contribution is 6.34. The molecule has 92 valence electrons. The highest BCUT2D eigenvalue weighted by Gasteiger charge is 2.24. The van der Waals surface area contributed by atoms with Crippen LogP contribution in [0.3, 0.4) is 0 Å². The number of hydrogen-bond donors (Lipinski definition) is 1. The lowest BCUT2D eigenvalue weighted by molar-refractivity contribution is -0.153. The van der Waals surface area contributed by atoms with E-state index in [1.54, 1.807) is 20.8 Å². The summed E-state index contributed by atoms with van der Waals surface area (Å²) in [6.07, 6.45) is 0.681. The number of hydrogen-bond acceptors (Lipinski definition) is 5. The number of nitrogens with zero attached hydrogens (tertiary/aromatic N) is 1. The van der Waals surface area contributed by atoms with Gasteiger partial charge in [-0.2, -0.15) is 0 Å². The number of carbonyl (C=O) groups excluding carboxylic acids is 2. The van der Waals surface area contributed by atoms with Gasteiger partial charge in [0, 0.05) is 0 Å². The molecule has 0 aliphatic heterocycles. The Hall–Kier alpha value is -1.59. The predicted octanol–water partition coefficient (Wildman–Crippen LogP) is 0.801. The maximum atomic E-state index is 11.3. The number of oxime groups is 1. The van der Waals surface area contributed by atoms with Gasteiger partial charge in [-0.05, 0) is 27.2 Å². The van der Waals surface area contributed by atoms with Gasteiger partial charge < -0.3 is 15.3 Å². The van der Waals surface area contributed by atoms with Crippen LogP contribution in [0.1, 0.15) is 34.1 Å². The molecule has 0 heterocycles. The van der Waals surface area contributed by atoms with Crippen molar-refractivity contribution in [3.8, 4) is 0 Å². The minimum Gasteiger partial charge on any atom is -0.460 e. The number of esters is 1. The van der Waals surface area contributed by atoms with E-state index in [0.29, 0.717) is 6.42 Å². The second-order valence-corrected chi connectivity index (χ2v) is 4.24. The number of rotatable bonds is 3. The minimum atomic E-state index is -0.788. The molecule has 0 bridgehead atoms. The molecule has 6 heteroatoms. The van der Waals surface area contributed by atoms with Gasteiger partial charge in [-0.25, -0.2) is 9.59 Å². The third-order valence-corrected chi connectivity index (χ3v) is 1.49. The molecule has 0 aliphatic rings. The Balaban J connectivity index is 4.24. The van der Waals surface area contributed by atoms with Crippen molar-refractivity contribution < 1.29 is 19.2 Å². The van der Waals surface area contributed by atoms with Gasteiger partial charge in [-0.3, -0.25) is 0 Å².